The van der Waals surface area contributed by atoms with Crippen LogP contribution >= 0.6 is 0 Å². The molecule has 1 amide bonds. The number of carbonyl (C=O) groups is 2. The van der Waals surface area contributed by atoms with Crippen molar-refractivity contribution in [2.24, 2.45) is 0 Å². The Bertz CT molecular complexity index is 499. The summed E-state index contributed by atoms with van der Waals surface area (Å²) in [4.78, 5) is 27.5. The van der Waals surface area contributed by atoms with Crippen LogP contribution in [0.2, 0.25) is 0 Å². The number of carbonyl (C=O) groups excluding carboxylic acids is 1. The second kappa shape index (κ2) is 5.27. The lowest BCUT2D eigenvalue weighted by atomic mass is 10.1. The molecule has 6 heteroatoms. The fraction of sp³-hybridized carbons (Fsp3) is 0.385. The second-order valence-corrected chi connectivity index (χ2v) is 4.81. The van der Waals surface area contributed by atoms with E-state index in [4.69, 9.17) is 9.94 Å². The molecule has 0 unspecified atom stereocenters. The van der Waals surface area contributed by atoms with Crippen LogP contribution in [-0.2, 0) is 9.63 Å². The van der Waals surface area contributed by atoms with E-state index < -0.39 is 17.5 Å². The lowest BCUT2D eigenvalue weighted by Gasteiger charge is -2.19. The lowest BCUT2D eigenvalue weighted by molar-refractivity contribution is -0.167. The Hall–Kier alpha value is -2.08. The maximum Gasteiger partial charge on any atom is 0.338 e. The van der Waals surface area contributed by atoms with Gasteiger partial charge in [0.25, 0.3) is 5.91 Å². The summed E-state index contributed by atoms with van der Waals surface area (Å²) in [7, 11) is 0. The van der Waals surface area contributed by atoms with Crippen LogP contribution < -0.4 is 5.48 Å². The summed E-state index contributed by atoms with van der Waals surface area (Å²) < 4.78 is 0. The number of benzene rings is 1. The van der Waals surface area contributed by atoms with Crippen molar-refractivity contribution in [1.29, 1.82) is 0 Å². The van der Waals surface area contributed by atoms with Crippen LogP contribution in [0.3, 0.4) is 0 Å². The molecular weight excluding hydrogens is 250 g/mol. The molecule has 0 bridgehead atoms. The molecule has 104 valence electrons. The first-order chi connectivity index (χ1) is 8.65. The average molecular weight is 267 g/mol. The Labute approximate surface area is 111 Å². The average Bonchev–Trinajstić information content (AvgIpc) is 2.32. The molecule has 1 aromatic carbocycles. The van der Waals surface area contributed by atoms with E-state index in [0.717, 1.165) is 0 Å². The van der Waals surface area contributed by atoms with Crippen molar-refractivity contribution in [1.82, 2.24) is 5.48 Å². The zero-order valence-corrected chi connectivity index (χ0v) is 11.3. The van der Waals surface area contributed by atoms with Crippen LogP contribution in [0, 0.1) is 13.8 Å². The molecule has 19 heavy (non-hydrogen) atoms. The van der Waals surface area contributed by atoms with Crippen molar-refractivity contribution in [3.63, 3.8) is 0 Å². The first kappa shape index (κ1) is 15.0. The van der Waals surface area contributed by atoms with Gasteiger partial charge in [-0.1, -0.05) is 0 Å². The van der Waals surface area contributed by atoms with Gasteiger partial charge < -0.3 is 10.2 Å². The van der Waals surface area contributed by atoms with E-state index >= 15 is 0 Å². The minimum atomic E-state index is -1.52. The summed E-state index contributed by atoms with van der Waals surface area (Å²) in [5.41, 5.74) is 1.98. The van der Waals surface area contributed by atoms with Gasteiger partial charge in [-0.05, 0) is 51.0 Å². The highest BCUT2D eigenvalue weighted by molar-refractivity contribution is 5.94. The van der Waals surface area contributed by atoms with Crippen LogP contribution in [0.1, 0.15) is 35.3 Å². The van der Waals surface area contributed by atoms with Crippen molar-refractivity contribution in [3.8, 4) is 5.75 Å². The van der Waals surface area contributed by atoms with Gasteiger partial charge in [0.15, 0.2) is 5.60 Å². The second-order valence-electron chi connectivity index (χ2n) is 4.81. The zero-order chi connectivity index (χ0) is 14.8. The summed E-state index contributed by atoms with van der Waals surface area (Å²) in [6, 6.07) is 2.99. The monoisotopic (exact) mass is 267 g/mol. The van der Waals surface area contributed by atoms with Crippen molar-refractivity contribution in [2.45, 2.75) is 33.3 Å². The van der Waals surface area contributed by atoms with E-state index in [-0.39, 0.29) is 11.3 Å². The smallest absolute Gasteiger partial charge is 0.338 e. The highest BCUT2D eigenvalue weighted by atomic mass is 16.7. The predicted octanol–water partition coefficient (Wildman–Crippen LogP) is 1.53. The number of hydrogen-bond acceptors (Lipinski definition) is 4. The van der Waals surface area contributed by atoms with E-state index in [1.807, 2.05) is 0 Å². The number of phenols is 1. The number of carboxylic acids is 1. The molecule has 0 atom stereocenters. The molecule has 0 fully saturated rings. The third-order valence-corrected chi connectivity index (χ3v) is 2.67. The normalized spacial score (nSPS) is 11.2. The first-order valence-electron chi connectivity index (χ1n) is 5.67. The number of hydroxylamine groups is 1. The van der Waals surface area contributed by atoms with Gasteiger partial charge in [-0.15, -0.1) is 0 Å². The van der Waals surface area contributed by atoms with Crippen LogP contribution in [-0.4, -0.2) is 27.7 Å². The molecule has 0 saturated carbocycles. The molecule has 6 nitrogen and oxygen atoms in total. The minimum Gasteiger partial charge on any atom is -0.507 e. The Morgan fingerprint density at radius 1 is 1.21 bits per heavy atom. The van der Waals surface area contributed by atoms with Crippen molar-refractivity contribution in [2.75, 3.05) is 0 Å². The maximum absolute atomic E-state index is 11.8. The van der Waals surface area contributed by atoms with Gasteiger partial charge in [-0.3, -0.25) is 9.63 Å². The summed E-state index contributed by atoms with van der Waals surface area (Å²) in [6.45, 7) is 5.98. The molecule has 0 saturated heterocycles. The van der Waals surface area contributed by atoms with E-state index in [9.17, 15) is 14.7 Å². The number of rotatable bonds is 4. The Kier molecular flexibility index (Phi) is 4.16. The fourth-order valence-electron chi connectivity index (χ4n) is 1.36. The number of carboxylic acid groups (broad SMARTS) is 1. The molecule has 0 aliphatic rings. The number of nitrogens with one attached hydrogen (secondary N) is 1. The fourth-order valence-corrected chi connectivity index (χ4v) is 1.36. The highest BCUT2D eigenvalue weighted by Gasteiger charge is 2.29. The molecule has 3 N–H and O–H groups in total. The number of aliphatic carboxylic acids is 1. The highest BCUT2D eigenvalue weighted by Crippen LogP contribution is 2.22. The Morgan fingerprint density at radius 2 is 1.68 bits per heavy atom. The van der Waals surface area contributed by atoms with E-state index in [1.54, 1.807) is 13.8 Å². The Balaban J connectivity index is 2.83. The quantitative estimate of drug-likeness (QED) is 0.719. The SMILES string of the molecule is Cc1cc(C(=O)NOC(C)(C)C(=O)O)cc(C)c1O. The molecule has 0 aliphatic carbocycles. The van der Waals surface area contributed by atoms with Gasteiger partial charge >= 0.3 is 5.97 Å². The van der Waals surface area contributed by atoms with Gasteiger partial charge in [0.2, 0.25) is 0 Å². The Morgan fingerprint density at radius 3 is 2.11 bits per heavy atom. The van der Waals surface area contributed by atoms with Crippen LogP contribution in [0.4, 0.5) is 0 Å². The summed E-state index contributed by atoms with van der Waals surface area (Å²) in [5, 5.41) is 18.4. The van der Waals surface area contributed by atoms with E-state index in [0.29, 0.717) is 11.1 Å². The van der Waals surface area contributed by atoms with E-state index in [2.05, 4.69) is 5.48 Å². The lowest BCUT2D eigenvalue weighted by Crippen LogP contribution is -2.42. The maximum atomic E-state index is 11.8. The van der Waals surface area contributed by atoms with Crippen molar-refractivity contribution < 1.29 is 24.6 Å². The third-order valence-electron chi connectivity index (χ3n) is 2.67. The molecule has 0 heterocycles. The van der Waals surface area contributed by atoms with Gasteiger partial charge in [-0.2, -0.15) is 0 Å². The minimum absolute atomic E-state index is 0.128. The number of amides is 1. The molecule has 1 aromatic rings. The molecule has 0 aliphatic heterocycles. The summed E-state index contributed by atoms with van der Waals surface area (Å²) >= 11 is 0. The van der Waals surface area contributed by atoms with Crippen LogP contribution in [0.25, 0.3) is 0 Å². The van der Waals surface area contributed by atoms with Crippen molar-refractivity contribution >= 4 is 11.9 Å². The van der Waals surface area contributed by atoms with Gasteiger partial charge in [0.05, 0.1) is 0 Å². The first-order valence-corrected chi connectivity index (χ1v) is 5.67. The topological polar surface area (TPSA) is 95.9 Å². The number of aromatic hydroxyl groups is 1. The predicted molar refractivity (Wildman–Crippen MR) is 67.8 cm³/mol. The third kappa shape index (κ3) is 3.45. The van der Waals surface area contributed by atoms with Gasteiger partial charge in [0, 0.05) is 5.56 Å². The van der Waals surface area contributed by atoms with Crippen LogP contribution in [0.5, 0.6) is 5.75 Å². The standard InChI is InChI=1S/C13H17NO5/c1-7-5-9(6-8(2)10(7)15)11(16)14-19-13(3,4)12(17)18/h5-6,15H,1-4H3,(H,14,16)(H,17,18). The number of aryl methyl sites for hydroxylation is 2. The molecule has 1 rings (SSSR count). The summed E-state index contributed by atoms with van der Waals surface area (Å²) in [5.74, 6) is -1.63. The molecule has 0 spiro atoms. The molecular formula is C13H17NO5. The van der Waals surface area contributed by atoms with Crippen molar-refractivity contribution in [3.05, 3.63) is 28.8 Å². The largest absolute Gasteiger partial charge is 0.507 e. The zero-order valence-electron chi connectivity index (χ0n) is 11.3. The molecule has 0 aromatic heterocycles. The molecule has 0 radical (unpaired) electrons. The van der Waals surface area contributed by atoms with Crippen LogP contribution in [0.15, 0.2) is 12.1 Å². The number of phenolic OH excluding ortho intramolecular Hbond substituents is 1. The number of hydrogen-bond donors (Lipinski definition) is 3. The van der Waals surface area contributed by atoms with Gasteiger partial charge in [0.1, 0.15) is 5.75 Å². The van der Waals surface area contributed by atoms with E-state index in [1.165, 1.54) is 26.0 Å². The van der Waals surface area contributed by atoms with Gasteiger partial charge in [-0.25, -0.2) is 10.3 Å². The summed E-state index contributed by atoms with van der Waals surface area (Å²) in [6.07, 6.45) is 0.